The van der Waals surface area contributed by atoms with Crippen molar-refractivity contribution in [3.8, 4) is 11.5 Å². The minimum atomic E-state index is -0.531. The van der Waals surface area contributed by atoms with E-state index in [1.807, 2.05) is 26.0 Å². The Morgan fingerprint density at radius 1 is 1.32 bits per heavy atom. The summed E-state index contributed by atoms with van der Waals surface area (Å²) in [5, 5.41) is 10.2. The van der Waals surface area contributed by atoms with Gasteiger partial charge in [0.15, 0.2) is 0 Å². The average Bonchev–Trinajstić information content (AvgIpc) is 2.43. The zero-order chi connectivity index (χ0) is 13.8. The van der Waals surface area contributed by atoms with E-state index in [0.717, 1.165) is 5.56 Å². The van der Waals surface area contributed by atoms with Crippen LogP contribution in [-0.4, -0.2) is 10.1 Å². The van der Waals surface area contributed by atoms with Gasteiger partial charge in [-0.3, -0.25) is 4.98 Å². The summed E-state index contributed by atoms with van der Waals surface area (Å²) in [5.41, 5.74) is 1.72. The third-order valence-electron chi connectivity index (χ3n) is 2.80. The van der Waals surface area contributed by atoms with Crippen LogP contribution in [-0.2, 0) is 0 Å². The van der Waals surface area contributed by atoms with E-state index in [-0.39, 0.29) is 0 Å². The molecule has 0 bridgehead atoms. The third kappa shape index (κ3) is 3.46. The van der Waals surface area contributed by atoms with E-state index < -0.39 is 6.10 Å². The Balaban J connectivity index is 2.17. The maximum atomic E-state index is 9.67. The zero-order valence-corrected chi connectivity index (χ0v) is 11.7. The summed E-state index contributed by atoms with van der Waals surface area (Å²) in [7, 11) is 0. The smallest absolute Gasteiger partial charge is 0.146 e. The summed E-state index contributed by atoms with van der Waals surface area (Å²) < 4.78 is 5.68. The Bertz CT molecular complexity index is 555. The first-order valence-electron chi connectivity index (χ1n) is 6.18. The highest BCUT2D eigenvalue weighted by atomic mass is 35.5. The molecule has 2 rings (SSSR count). The van der Waals surface area contributed by atoms with Crippen LogP contribution in [0.2, 0.25) is 5.02 Å². The Morgan fingerprint density at radius 2 is 2.11 bits per heavy atom. The average molecular weight is 278 g/mol. The quantitative estimate of drug-likeness (QED) is 0.907. The number of halogens is 1. The first-order chi connectivity index (χ1) is 9.10. The molecular formula is C15H16ClNO2. The van der Waals surface area contributed by atoms with Gasteiger partial charge >= 0.3 is 0 Å². The van der Waals surface area contributed by atoms with Gasteiger partial charge in [-0.15, -0.1) is 0 Å². The molecule has 2 aromatic rings. The number of nitrogens with zero attached hydrogens (tertiary/aromatic N) is 1. The second kappa shape index (κ2) is 6.04. The van der Waals surface area contributed by atoms with Gasteiger partial charge in [0.1, 0.15) is 11.5 Å². The molecule has 100 valence electrons. The number of ether oxygens (including phenoxy) is 1. The lowest BCUT2D eigenvalue weighted by Gasteiger charge is -2.10. The van der Waals surface area contributed by atoms with Crippen LogP contribution in [0.1, 0.15) is 30.7 Å². The molecule has 0 saturated heterocycles. The number of hydrogen-bond donors (Lipinski definition) is 1. The summed E-state index contributed by atoms with van der Waals surface area (Å²) in [6.07, 6.45) is 1.70. The molecule has 0 aliphatic carbocycles. The molecule has 1 aromatic heterocycles. The number of pyridine rings is 1. The molecule has 0 radical (unpaired) electrons. The van der Waals surface area contributed by atoms with E-state index >= 15 is 0 Å². The van der Waals surface area contributed by atoms with Gasteiger partial charge in [0.2, 0.25) is 0 Å². The van der Waals surface area contributed by atoms with Crippen molar-refractivity contribution in [2.24, 2.45) is 0 Å². The van der Waals surface area contributed by atoms with Gasteiger partial charge < -0.3 is 9.84 Å². The molecule has 4 heteroatoms. The van der Waals surface area contributed by atoms with Crippen LogP contribution in [0.15, 0.2) is 36.5 Å². The number of rotatable bonds is 4. The van der Waals surface area contributed by atoms with Gasteiger partial charge in [0.05, 0.1) is 23.0 Å². The summed E-state index contributed by atoms with van der Waals surface area (Å²) >= 11 is 6.06. The van der Waals surface area contributed by atoms with Crippen molar-refractivity contribution in [2.45, 2.75) is 26.4 Å². The summed E-state index contributed by atoms with van der Waals surface area (Å²) in [6, 6.07) is 9.13. The maximum Gasteiger partial charge on any atom is 0.146 e. The molecule has 1 N–H and O–H groups in total. The fourth-order valence-corrected chi connectivity index (χ4v) is 1.83. The summed E-state index contributed by atoms with van der Waals surface area (Å²) in [5.74, 6) is 1.20. The Kier molecular flexibility index (Phi) is 4.40. The van der Waals surface area contributed by atoms with Gasteiger partial charge in [0.25, 0.3) is 0 Å². The number of aryl methyl sites for hydroxylation is 1. The monoisotopic (exact) mass is 277 g/mol. The summed E-state index contributed by atoms with van der Waals surface area (Å²) in [6.45, 7) is 3.88. The van der Waals surface area contributed by atoms with Crippen molar-refractivity contribution in [1.29, 1.82) is 0 Å². The Labute approximate surface area is 117 Å². The molecule has 1 atom stereocenters. The van der Waals surface area contributed by atoms with Crippen LogP contribution in [0.4, 0.5) is 0 Å². The first-order valence-corrected chi connectivity index (χ1v) is 6.56. The van der Waals surface area contributed by atoms with Crippen molar-refractivity contribution in [3.63, 3.8) is 0 Å². The van der Waals surface area contributed by atoms with Crippen LogP contribution in [0.25, 0.3) is 0 Å². The van der Waals surface area contributed by atoms with Crippen molar-refractivity contribution in [3.05, 3.63) is 52.8 Å². The third-order valence-corrected chi connectivity index (χ3v) is 3.11. The Morgan fingerprint density at radius 3 is 2.74 bits per heavy atom. The van der Waals surface area contributed by atoms with Crippen molar-refractivity contribution >= 4 is 11.6 Å². The SMILES string of the molecule is CCC(O)c1ccc(Oc2cc(C)ccc2Cl)cn1. The van der Waals surface area contributed by atoms with Crippen LogP contribution in [0, 0.1) is 6.92 Å². The normalized spacial score (nSPS) is 12.2. The molecule has 0 spiro atoms. The lowest BCUT2D eigenvalue weighted by molar-refractivity contribution is 0.169. The van der Waals surface area contributed by atoms with Crippen LogP contribution >= 0.6 is 11.6 Å². The zero-order valence-electron chi connectivity index (χ0n) is 10.9. The second-order valence-electron chi connectivity index (χ2n) is 4.38. The minimum Gasteiger partial charge on any atom is -0.454 e. The van der Waals surface area contributed by atoms with Crippen LogP contribution < -0.4 is 4.74 Å². The molecule has 1 heterocycles. The Hall–Kier alpha value is -1.58. The van der Waals surface area contributed by atoms with Gasteiger partial charge in [-0.1, -0.05) is 24.6 Å². The first kappa shape index (κ1) is 13.8. The summed E-state index contributed by atoms with van der Waals surface area (Å²) in [4.78, 5) is 4.18. The topological polar surface area (TPSA) is 42.4 Å². The molecule has 0 amide bonds. The number of aliphatic hydroxyl groups excluding tert-OH is 1. The van der Waals surface area contributed by atoms with E-state index in [0.29, 0.717) is 28.6 Å². The van der Waals surface area contributed by atoms with E-state index in [1.54, 1.807) is 24.4 Å². The maximum absolute atomic E-state index is 9.67. The minimum absolute atomic E-state index is 0.531. The molecule has 1 unspecified atom stereocenters. The predicted octanol–water partition coefficient (Wildman–Crippen LogP) is 4.28. The molecule has 0 aliphatic rings. The standard InChI is InChI=1S/C15H16ClNO2/c1-3-14(18)13-7-5-11(9-17-13)19-15-8-10(2)4-6-12(15)16/h4-9,14,18H,3H2,1-2H3. The van der Waals surface area contributed by atoms with Gasteiger partial charge in [-0.2, -0.15) is 0 Å². The van der Waals surface area contributed by atoms with Crippen molar-refractivity contribution in [1.82, 2.24) is 4.98 Å². The fourth-order valence-electron chi connectivity index (χ4n) is 1.67. The molecule has 1 aromatic carbocycles. The highest BCUT2D eigenvalue weighted by molar-refractivity contribution is 6.32. The molecular weight excluding hydrogens is 262 g/mol. The predicted molar refractivity (Wildman–Crippen MR) is 75.8 cm³/mol. The lowest BCUT2D eigenvalue weighted by Crippen LogP contribution is -1.98. The van der Waals surface area contributed by atoms with Crippen LogP contribution in [0.3, 0.4) is 0 Å². The van der Waals surface area contributed by atoms with Gasteiger partial charge in [0, 0.05) is 0 Å². The van der Waals surface area contributed by atoms with Gasteiger partial charge in [-0.25, -0.2) is 0 Å². The number of benzene rings is 1. The highest BCUT2D eigenvalue weighted by Crippen LogP contribution is 2.30. The number of aromatic nitrogens is 1. The fraction of sp³-hybridized carbons (Fsp3) is 0.267. The molecule has 0 aliphatic heterocycles. The van der Waals surface area contributed by atoms with E-state index in [1.165, 1.54) is 0 Å². The van der Waals surface area contributed by atoms with E-state index in [2.05, 4.69) is 4.98 Å². The van der Waals surface area contributed by atoms with E-state index in [4.69, 9.17) is 16.3 Å². The molecule has 3 nitrogen and oxygen atoms in total. The number of aliphatic hydroxyl groups is 1. The molecule has 0 saturated carbocycles. The molecule has 0 fully saturated rings. The van der Waals surface area contributed by atoms with Gasteiger partial charge in [-0.05, 0) is 43.2 Å². The van der Waals surface area contributed by atoms with Crippen molar-refractivity contribution < 1.29 is 9.84 Å². The highest BCUT2D eigenvalue weighted by Gasteiger charge is 2.08. The number of hydrogen-bond acceptors (Lipinski definition) is 3. The van der Waals surface area contributed by atoms with E-state index in [9.17, 15) is 5.11 Å². The molecule has 19 heavy (non-hydrogen) atoms. The largest absolute Gasteiger partial charge is 0.454 e. The lowest BCUT2D eigenvalue weighted by atomic mass is 10.2. The van der Waals surface area contributed by atoms with Crippen LogP contribution in [0.5, 0.6) is 11.5 Å². The van der Waals surface area contributed by atoms with Crippen molar-refractivity contribution in [2.75, 3.05) is 0 Å². The second-order valence-corrected chi connectivity index (χ2v) is 4.79.